The highest BCUT2D eigenvalue weighted by Crippen LogP contribution is 2.26. The summed E-state index contributed by atoms with van der Waals surface area (Å²) < 4.78 is 17.3. The molecule has 3 aromatic carbocycles. The second kappa shape index (κ2) is 11.0. The van der Waals surface area contributed by atoms with Gasteiger partial charge in [-0.25, -0.2) is 14.5 Å². The van der Waals surface area contributed by atoms with Gasteiger partial charge in [-0.3, -0.25) is 4.79 Å². The molecular weight excluding hydrogens is 448 g/mol. The fourth-order valence-electron chi connectivity index (χ4n) is 3.46. The van der Waals surface area contributed by atoms with E-state index in [0.29, 0.717) is 17.1 Å². The molecule has 0 fully saturated rings. The molecule has 0 unspecified atom stereocenters. The number of hydrogen-bond acceptors (Lipinski definition) is 7. The van der Waals surface area contributed by atoms with Crippen molar-refractivity contribution in [1.29, 1.82) is 0 Å². The number of esters is 1. The predicted molar refractivity (Wildman–Crippen MR) is 128 cm³/mol. The van der Waals surface area contributed by atoms with E-state index in [9.17, 15) is 9.59 Å². The largest absolute Gasteiger partial charge is 0.497 e. The number of hydrogen-bond donors (Lipinski definition) is 1. The Morgan fingerprint density at radius 1 is 0.857 bits per heavy atom. The van der Waals surface area contributed by atoms with Crippen LogP contribution in [0.1, 0.15) is 27.5 Å². The van der Waals surface area contributed by atoms with Gasteiger partial charge >= 0.3 is 5.97 Å². The van der Waals surface area contributed by atoms with Gasteiger partial charge in [-0.15, -0.1) is 0 Å². The van der Waals surface area contributed by atoms with E-state index < -0.39 is 24.5 Å². The van der Waals surface area contributed by atoms with Crippen LogP contribution in [0.25, 0.3) is 5.69 Å². The van der Waals surface area contributed by atoms with Crippen molar-refractivity contribution in [2.24, 2.45) is 0 Å². The third kappa shape index (κ3) is 5.83. The van der Waals surface area contributed by atoms with E-state index in [4.69, 9.17) is 14.2 Å². The summed E-state index contributed by atoms with van der Waals surface area (Å²) in [6, 6.07) is 21.0. The molecule has 0 bridgehead atoms. The van der Waals surface area contributed by atoms with E-state index in [2.05, 4.69) is 15.4 Å². The van der Waals surface area contributed by atoms with Crippen LogP contribution in [0, 0.1) is 0 Å². The van der Waals surface area contributed by atoms with Gasteiger partial charge in [-0.05, 0) is 59.7 Å². The molecule has 35 heavy (non-hydrogen) atoms. The van der Waals surface area contributed by atoms with Crippen molar-refractivity contribution in [3.05, 3.63) is 102 Å². The molecule has 0 atom stereocenters. The minimum absolute atomic E-state index is 0.323. The van der Waals surface area contributed by atoms with Gasteiger partial charge in [0.15, 0.2) is 6.61 Å². The summed E-state index contributed by atoms with van der Waals surface area (Å²) in [6.07, 6.45) is 2.98. The fraction of sp³-hybridized carbons (Fsp3) is 0.154. The molecule has 9 heteroatoms. The molecule has 178 valence electrons. The summed E-state index contributed by atoms with van der Waals surface area (Å²) in [6.45, 7) is -0.424. The fourth-order valence-corrected chi connectivity index (χ4v) is 3.46. The van der Waals surface area contributed by atoms with Crippen LogP contribution in [-0.2, 0) is 9.53 Å². The lowest BCUT2D eigenvalue weighted by Gasteiger charge is -2.20. The molecule has 4 rings (SSSR count). The normalized spacial score (nSPS) is 10.6. The Morgan fingerprint density at radius 3 is 1.91 bits per heavy atom. The van der Waals surface area contributed by atoms with Crippen molar-refractivity contribution < 1.29 is 23.8 Å². The maximum Gasteiger partial charge on any atom is 0.338 e. The Morgan fingerprint density at radius 2 is 1.43 bits per heavy atom. The SMILES string of the molecule is COc1ccc(C(NC(=O)COC(=O)c2ccc(-n3cncn3)cc2)c2ccc(OC)cc2)cc1. The van der Waals surface area contributed by atoms with Gasteiger partial charge in [0, 0.05) is 0 Å². The van der Waals surface area contributed by atoms with Crippen molar-refractivity contribution >= 4 is 11.9 Å². The van der Waals surface area contributed by atoms with E-state index in [1.54, 1.807) is 49.5 Å². The van der Waals surface area contributed by atoms with Gasteiger partial charge in [0.25, 0.3) is 5.91 Å². The standard InChI is InChI=1S/C26H24N4O5/c1-33-22-11-5-18(6-12-22)25(19-7-13-23(34-2)14-8-19)29-24(31)15-35-26(32)20-3-9-21(10-4-20)30-17-27-16-28-30/h3-14,16-17,25H,15H2,1-2H3,(H,29,31). The van der Waals surface area contributed by atoms with Crippen LogP contribution in [0.2, 0.25) is 0 Å². The molecule has 0 saturated carbocycles. The van der Waals surface area contributed by atoms with Crippen molar-refractivity contribution in [1.82, 2.24) is 20.1 Å². The first-order chi connectivity index (χ1) is 17.1. The average molecular weight is 473 g/mol. The van der Waals surface area contributed by atoms with Crippen LogP contribution in [0.15, 0.2) is 85.5 Å². The van der Waals surface area contributed by atoms with E-state index in [-0.39, 0.29) is 0 Å². The topological polar surface area (TPSA) is 105 Å². The number of ether oxygens (including phenoxy) is 3. The van der Waals surface area contributed by atoms with Gasteiger partial charge in [0.05, 0.1) is 31.5 Å². The Balaban J connectivity index is 1.42. The third-order valence-electron chi connectivity index (χ3n) is 5.32. The first-order valence-electron chi connectivity index (χ1n) is 10.8. The van der Waals surface area contributed by atoms with Gasteiger partial charge < -0.3 is 19.5 Å². The van der Waals surface area contributed by atoms with Crippen LogP contribution in [-0.4, -0.2) is 47.5 Å². The highest BCUT2D eigenvalue weighted by atomic mass is 16.5. The molecule has 0 aliphatic rings. The maximum absolute atomic E-state index is 12.7. The maximum atomic E-state index is 12.7. The molecule has 0 aliphatic carbocycles. The number of aromatic nitrogens is 3. The molecule has 9 nitrogen and oxygen atoms in total. The molecule has 0 aliphatic heterocycles. The smallest absolute Gasteiger partial charge is 0.338 e. The van der Waals surface area contributed by atoms with Crippen molar-refractivity contribution in [2.45, 2.75) is 6.04 Å². The number of nitrogens with zero attached hydrogens (tertiary/aromatic N) is 3. The predicted octanol–water partition coefficient (Wildman–Crippen LogP) is 3.35. The summed E-state index contributed by atoms with van der Waals surface area (Å²) in [5.74, 6) is 0.375. The Bertz CT molecular complexity index is 1210. The van der Waals surface area contributed by atoms with Gasteiger partial charge in [0.2, 0.25) is 0 Å². The molecule has 1 heterocycles. The highest BCUT2D eigenvalue weighted by molar-refractivity contribution is 5.91. The summed E-state index contributed by atoms with van der Waals surface area (Å²) in [7, 11) is 3.18. The first kappa shape index (κ1) is 23.5. The number of amides is 1. The second-order valence-corrected chi connectivity index (χ2v) is 7.51. The molecule has 1 aromatic heterocycles. The number of carbonyl (C=O) groups excluding carboxylic acids is 2. The zero-order chi connectivity index (χ0) is 24.6. The van der Waals surface area contributed by atoms with Crippen LogP contribution in [0.5, 0.6) is 11.5 Å². The average Bonchev–Trinajstić information content (AvgIpc) is 3.46. The zero-order valence-corrected chi connectivity index (χ0v) is 19.3. The Labute approximate surface area is 202 Å². The Kier molecular flexibility index (Phi) is 7.37. The number of nitrogens with one attached hydrogen (secondary N) is 1. The quantitative estimate of drug-likeness (QED) is 0.373. The van der Waals surface area contributed by atoms with Crippen LogP contribution >= 0.6 is 0 Å². The lowest BCUT2D eigenvalue weighted by atomic mass is 9.98. The Hall–Kier alpha value is -4.66. The molecule has 0 saturated heterocycles. The number of benzene rings is 3. The van der Waals surface area contributed by atoms with Crippen LogP contribution < -0.4 is 14.8 Å². The summed E-state index contributed by atoms with van der Waals surface area (Å²) in [5, 5.41) is 6.98. The third-order valence-corrected chi connectivity index (χ3v) is 5.32. The zero-order valence-electron chi connectivity index (χ0n) is 19.3. The lowest BCUT2D eigenvalue weighted by Crippen LogP contribution is -2.33. The highest BCUT2D eigenvalue weighted by Gasteiger charge is 2.19. The number of rotatable bonds is 9. The van der Waals surface area contributed by atoms with E-state index in [1.165, 1.54) is 6.33 Å². The van der Waals surface area contributed by atoms with Gasteiger partial charge in [0.1, 0.15) is 24.2 Å². The van der Waals surface area contributed by atoms with Crippen LogP contribution in [0.3, 0.4) is 0 Å². The number of carbonyl (C=O) groups is 2. The first-order valence-corrected chi connectivity index (χ1v) is 10.8. The molecule has 0 radical (unpaired) electrons. The summed E-state index contributed by atoms with van der Waals surface area (Å²) in [4.78, 5) is 29.1. The molecule has 1 amide bonds. The number of methoxy groups -OCH3 is 2. The van der Waals surface area contributed by atoms with E-state index >= 15 is 0 Å². The van der Waals surface area contributed by atoms with Crippen molar-refractivity contribution in [2.75, 3.05) is 20.8 Å². The van der Waals surface area contributed by atoms with Gasteiger partial charge in [-0.1, -0.05) is 24.3 Å². The van der Waals surface area contributed by atoms with Crippen LogP contribution in [0.4, 0.5) is 0 Å². The molecular formula is C26H24N4O5. The lowest BCUT2D eigenvalue weighted by molar-refractivity contribution is -0.124. The van der Waals surface area contributed by atoms with E-state index in [0.717, 1.165) is 16.8 Å². The van der Waals surface area contributed by atoms with E-state index in [1.807, 2.05) is 48.5 Å². The minimum atomic E-state index is -0.601. The molecule has 1 N–H and O–H groups in total. The van der Waals surface area contributed by atoms with Gasteiger partial charge in [-0.2, -0.15) is 5.10 Å². The molecule has 4 aromatic rings. The van der Waals surface area contributed by atoms with Crippen molar-refractivity contribution in [3.63, 3.8) is 0 Å². The molecule has 0 spiro atoms. The summed E-state index contributed by atoms with van der Waals surface area (Å²) >= 11 is 0. The minimum Gasteiger partial charge on any atom is -0.497 e. The monoisotopic (exact) mass is 472 g/mol. The second-order valence-electron chi connectivity index (χ2n) is 7.51. The van der Waals surface area contributed by atoms with Crippen molar-refractivity contribution in [3.8, 4) is 17.2 Å². The summed E-state index contributed by atoms with van der Waals surface area (Å²) in [5.41, 5.74) is 2.76.